The van der Waals surface area contributed by atoms with E-state index in [1.807, 2.05) is 7.05 Å². The van der Waals surface area contributed by atoms with Crippen LogP contribution in [0.4, 0.5) is 0 Å². The Morgan fingerprint density at radius 3 is 2.80 bits per heavy atom. The molecule has 6 heteroatoms. The molecule has 1 aliphatic heterocycles. The monoisotopic (exact) mass is 336 g/mol. The molecule has 1 heterocycles. The Labute approximate surface area is 136 Å². The Hall–Kier alpha value is -0.480. The summed E-state index contributed by atoms with van der Waals surface area (Å²) < 4.78 is 0. The van der Waals surface area contributed by atoms with E-state index in [1.165, 1.54) is 0 Å². The minimum absolute atomic E-state index is 0. The van der Waals surface area contributed by atoms with Crippen molar-refractivity contribution in [3.63, 3.8) is 0 Å². The van der Waals surface area contributed by atoms with Crippen molar-refractivity contribution < 1.29 is 4.79 Å². The van der Waals surface area contributed by atoms with Crippen molar-refractivity contribution in [2.45, 2.75) is 25.3 Å². The smallest absolute Gasteiger partial charge is 0.255 e. The van der Waals surface area contributed by atoms with Crippen molar-refractivity contribution in [2.24, 2.45) is 0 Å². The molecule has 1 atom stereocenters. The summed E-state index contributed by atoms with van der Waals surface area (Å²) in [5, 5.41) is 4.11. The fourth-order valence-corrected chi connectivity index (χ4v) is 2.79. The molecule has 0 aliphatic carbocycles. The lowest BCUT2D eigenvalue weighted by Crippen LogP contribution is -2.37. The highest BCUT2D eigenvalue weighted by molar-refractivity contribution is 6.43. The molecular weight excluding hydrogens is 319 g/mol. The summed E-state index contributed by atoms with van der Waals surface area (Å²) in [6.45, 7) is 1.97. The molecule has 112 valence electrons. The van der Waals surface area contributed by atoms with Crippen LogP contribution in [0.1, 0.15) is 29.6 Å². The third kappa shape index (κ3) is 4.01. The first-order valence-corrected chi connectivity index (χ1v) is 7.28. The molecule has 20 heavy (non-hydrogen) atoms. The van der Waals surface area contributed by atoms with E-state index >= 15 is 0 Å². The number of halogens is 3. The van der Waals surface area contributed by atoms with Crippen LogP contribution < -0.4 is 5.32 Å². The number of amides is 1. The lowest BCUT2D eigenvalue weighted by atomic mass is 10.1. The number of benzene rings is 1. The lowest BCUT2D eigenvalue weighted by molar-refractivity contribution is 0.0720. The molecule has 0 bridgehead atoms. The second-order valence-electron chi connectivity index (χ2n) is 4.85. The van der Waals surface area contributed by atoms with Crippen molar-refractivity contribution in [3.8, 4) is 0 Å². The molecule has 3 nitrogen and oxygen atoms in total. The maximum atomic E-state index is 12.5. The number of hydrogen-bond donors (Lipinski definition) is 1. The minimum atomic E-state index is -0.0561. The molecule has 0 spiro atoms. The SMILES string of the molecule is CN(C(=O)c1cccc(Cl)c1Cl)C1CCCNCC1.Cl. The fourth-order valence-electron chi connectivity index (χ4n) is 2.41. The van der Waals surface area contributed by atoms with E-state index < -0.39 is 0 Å². The molecule has 1 amide bonds. The van der Waals surface area contributed by atoms with Crippen molar-refractivity contribution in [1.29, 1.82) is 0 Å². The van der Waals surface area contributed by atoms with Gasteiger partial charge in [0.2, 0.25) is 0 Å². The molecule has 1 saturated heterocycles. The summed E-state index contributed by atoms with van der Waals surface area (Å²) in [4.78, 5) is 14.3. The normalized spacial score (nSPS) is 18.9. The zero-order valence-corrected chi connectivity index (χ0v) is 13.7. The number of carbonyl (C=O) groups excluding carboxylic acids is 1. The van der Waals surface area contributed by atoms with Gasteiger partial charge in [-0.1, -0.05) is 29.3 Å². The van der Waals surface area contributed by atoms with Gasteiger partial charge in [-0.2, -0.15) is 0 Å². The average molecular weight is 338 g/mol. The van der Waals surface area contributed by atoms with Crippen LogP contribution in [0, 0.1) is 0 Å². The predicted octanol–water partition coefficient (Wildman–Crippen LogP) is 3.63. The summed E-state index contributed by atoms with van der Waals surface area (Å²) in [6.07, 6.45) is 3.08. The molecule has 0 radical (unpaired) electrons. The molecule has 1 N–H and O–H groups in total. The lowest BCUT2D eigenvalue weighted by Gasteiger charge is -2.27. The van der Waals surface area contributed by atoms with Gasteiger partial charge in [0.25, 0.3) is 5.91 Å². The topological polar surface area (TPSA) is 32.3 Å². The molecule has 1 aromatic carbocycles. The van der Waals surface area contributed by atoms with Crippen LogP contribution in [-0.2, 0) is 0 Å². The van der Waals surface area contributed by atoms with Crippen LogP contribution in [0.3, 0.4) is 0 Å². The molecule has 0 saturated carbocycles. The molecule has 2 rings (SSSR count). The van der Waals surface area contributed by atoms with E-state index in [0.29, 0.717) is 15.6 Å². The Morgan fingerprint density at radius 1 is 1.30 bits per heavy atom. The first-order valence-electron chi connectivity index (χ1n) is 6.53. The van der Waals surface area contributed by atoms with Crippen LogP contribution in [0.2, 0.25) is 10.0 Å². The Balaban J connectivity index is 0.00000200. The average Bonchev–Trinajstić information content (AvgIpc) is 2.69. The van der Waals surface area contributed by atoms with Gasteiger partial charge >= 0.3 is 0 Å². The molecule has 1 aliphatic rings. The maximum absolute atomic E-state index is 12.5. The summed E-state index contributed by atoms with van der Waals surface area (Å²) >= 11 is 12.1. The molecule has 1 aromatic rings. The Bertz CT molecular complexity index is 460. The summed E-state index contributed by atoms with van der Waals surface area (Å²) in [5.74, 6) is -0.0561. The number of hydrogen-bond acceptors (Lipinski definition) is 2. The van der Waals surface area contributed by atoms with Crippen LogP contribution in [0.25, 0.3) is 0 Å². The standard InChI is InChI=1S/C14H18Cl2N2O.ClH/c1-18(10-4-3-8-17-9-7-10)14(19)11-5-2-6-12(15)13(11)16;/h2,5-6,10,17H,3-4,7-9H2,1H3;1H. The number of rotatable bonds is 2. The van der Waals surface area contributed by atoms with Gasteiger partial charge < -0.3 is 10.2 Å². The number of carbonyl (C=O) groups is 1. The minimum Gasteiger partial charge on any atom is -0.339 e. The van der Waals surface area contributed by atoms with Gasteiger partial charge in [-0.25, -0.2) is 0 Å². The van der Waals surface area contributed by atoms with Crippen LogP contribution >= 0.6 is 35.6 Å². The van der Waals surface area contributed by atoms with Crippen LogP contribution in [0.15, 0.2) is 18.2 Å². The fraction of sp³-hybridized carbons (Fsp3) is 0.500. The first-order chi connectivity index (χ1) is 9.11. The van der Waals surface area contributed by atoms with Gasteiger partial charge in [0.1, 0.15) is 0 Å². The van der Waals surface area contributed by atoms with Gasteiger partial charge in [-0.3, -0.25) is 4.79 Å². The molecule has 0 aromatic heterocycles. The highest BCUT2D eigenvalue weighted by Crippen LogP contribution is 2.27. The first kappa shape index (κ1) is 17.6. The second-order valence-corrected chi connectivity index (χ2v) is 5.64. The third-order valence-corrected chi connectivity index (χ3v) is 4.41. The summed E-state index contributed by atoms with van der Waals surface area (Å²) in [5.41, 5.74) is 0.480. The zero-order valence-electron chi connectivity index (χ0n) is 11.4. The van der Waals surface area contributed by atoms with E-state index in [-0.39, 0.29) is 24.4 Å². The van der Waals surface area contributed by atoms with Gasteiger partial charge in [0, 0.05) is 13.1 Å². The van der Waals surface area contributed by atoms with Gasteiger partial charge in [0.15, 0.2) is 0 Å². The van der Waals surface area contributed by atoms with E-state index in [4.69, 9.17) is 23.2 Å². The highest BCUT2D eigenvalue weighted by atomic mass is 35.5. The number of nitrogens with one attached hydrogen (secondary N) is 1. The molecule has 1 unspecified atom stereocenters. The van der Waals surface area contributed by atoms with Crippen molar-refractivity contribution in [3.05, 3.63) is 33.8 Å². The highest BCUT2D eigenvalue weighted by Gasteiger charge is 2.24. The predicted molar refractivity (Wildman–Crippen MR) is 86.3 cm³/mol. The van der Waals surface area contributed by atoms with Gasteiger partial charge in [-0.15, -0.1) is 12.4 Å². The Kier molecular flexibility index (Phi) is 7.10. The van der Waals surface area contributed by atoms with Gasteiger partial charge in [0.05, 0.1) is 15.6 Å². The Morgan fingerprint density at radius 2 is 2.05 bits per heavy atom. The largest absolute Gasteiger partial charge is 0.339 e. The second kappa shape index (κ2) is 8.08. The van der Waals surface area contributed by atoms with E-state index in [0.717, 1.165) is 32.4 Å². The van der Waals surface area contributed by atoms with Crippen molar-refractivity contribution in [1.82, 2.24) is 10.2 Å². The van der Waals surface area contributed by atoms with Crippen LogP contribution in [0.5, 0.6) is 0 Å². The molecule has 1 fully saturated rings. The third-order valence-electron chi connectivity index (χ3n) is 3.60. The van der Waals surface area contributed by atoms with Crippen LogP contribution in [-0.4, -0.2) is 37.0 Å². The van der Waals surface area contributed by atoms with E-state index in [9.17, 15) is 4.79 Å². The maximum Gasteiger partial charge on any atom is 0.255 e. The van der Waals surface area contributed by atoms with Crippen molar-refractivity contribution in [2.75, 3.05) is 20.1 Å². The number of nitrogens with zero attached hydrogens (tertiary/aromatic N) is 1. The quantitative estimate of drug-likeness (QED) is 0.894. The van der Waals surface area contributed by atoms with Gasteiger partial charge in [-0.05, 0) is 44.5 Å². The van der Waals surface area contributed by atoms with Crippen molar-refractivity contribution >= 4 is 41.5 Å². The summed E-state index contributed by atoms with van der Waals surface area (Å²) in [6, 6.07) is 5.43. The molecular formula is C14H19Cl3N2O. The van der Waals surface area contributed by atoms with E-state index in [2.05, 4.69) is 5.32 Å². The van der Waals surface area contributed by atoms with E-state index in [1.54, 1.807) is 23.1 Å². The summed E-state index contributed by atoms with van der Waals surface area (Å²) in [7, 11) is 1.84. The zero-order chi connectivity index (χ0) is 13.8.